The third kappa shape index (κ3) is 3.78. The number of piperazine rings is 1. The van der Waals surface area contributed by atoms with Crippen LogP contribution < -0.4 is 14.4 Å². The minimum absolute atomic E-state index is 0.565. The highest BCUT2D eigenvalue weighted by molar-refractivity contribution is 7.13. The SMILES string of the molecule is COc1ccc(OC)c([C@@H](O)CN2CCN(c3nsc4ccccc34)CC2)c1. The average molecular weight is 400 g/mol. The topological polar surface area (TPSA) is 58.1 Å². The monoisotopic (exact) mass is 399 g/mol. The molecule has 1 aliphatic rings. The minimum Gasteiger partial charge on any atom is -0.497 e. The van der Waals surface area contributed by atoms with Crippen molar-refractivity contribution < 1.29 is 14.6 Å². The Morgan fingerprint density at radius 2 is 1.86 bits per heavy atom. The van der Waals surface area contributed by atoms with Gasteiger partial charge >= 0.3 is 0 Å². The number of ether oxygens (including phenoxy) is 2. The van der Waals surface area contributed by atoms with Crippen LogP contribution >= 0.6 is 11.5 Å². The zero-order valence-corrected chi connectivity index (χ0v) is 17.0. The quantitative estimate of drug-likeness (QED) is 0.687. The molecule has 0 spiro atoms. The fourth-order valence-electron chi connectivity index (χ4n) is 3.69. The first kappa shape index (κ1) is 19.0. The second-order valence-corrected chi connectivity index (χ2v) is 7.72. The lowest BCUT2D eigenvalue weighted by molar-refractivity contribution is 0.107. The molecule has 1 fully saturated rings. The molecule has 0 unspecified atom stereocenters. The summed E-state index contributed by atoms with van der Waals surface area (Å²) in [5.74, 6) is 2.48. The molecule has 1 N–H and O–H groups in total. The number of nitrogens with zero attached hydrogens (tertiary/aromatic N) is 3. The van der Waals surface area contributed by atoms with Crippen molar-refractivity contribution in [3.05, 3.63) is 48.0 Å². The van der Waals surface area contributed by atoms with Crippen LogP contribution in [0.15, 0.2) is 42.5 Å². The Bertz CT molecular complexity index is 938. The van der Waals surface area contributed by atoms with Gasteiger partial charge in [-0.25, -0.2) is 0 Å². The maximum Gasteiger partial charge on any atom is 0.150 e. The largest absolute Gasteiger partial charge is 0.497 e. The number of fused-ring (bicyclic) bond motifs is 1. The van der Waals surface area contributed by atoms with Crippen LogP contribution in [0, 0.1) is 0 Å². The van der Waals surface area contributed by atoms with Gasteiger partial charge in [-0.15, -0.1) is 0 Å². The van der Waals surface area contributed by atoms with Crippen LogP contribution in [0.5, 0.6) is 11.5 Å². The van der Waals surface area contributed by atoms with E-state index < -0.39 is 6.10 Å². The molecular formula is C21H25N3O3S. The van der Waals surface area contributed by atoms with Gasteiger partial charge in [0.1, 0.15) is 17.3 Å². The molecule has 1 aromatic heterocycles. The lowest BCUT2D eigenvalue weighted by Gasteiger charge is -2.36. The molecule has 2 heterocycles. The number of aromatic nitrogens is 1. The summed E-state index contributed by atoms with van der Waals surface area (Å²) in [6.07, 6.45) is -0.628. The van der Waals surface area contributed by atoms with E-state index >= 15 is 0 Å². The number of benzene rings is 2. The summed E-state index contributed by atoms with van der Waals surface area (Å²) in [6, 6.07) is 13.9. The number of methoxy groups -OCH3 is 2. The first-order chi connectivity index (χ1) is 13.7. The molecule has 28 heavy (non-hydrogen) atoms. The van der Waals surface area contributed by atoms with Crippen molar-refractivity contribution in [2.24, 2.45) is 0 Å². The van der Waals surface area contributed by atoms with Gasteiger partial charge in [0.05, 0.1) is 25.0 Å². The minimum atomic E-state index is -0.628. The Hall–Kier alpha value is -2.35. The summed E-state index contributed by atoms with van der Waals surface area (Å²) >= 11 is 1.55. The van der Waals surface area contributed by atoms with E-state index in [0.29, 0.717) is 12.3 Å². The normalized spacial score (nSPS) is 16.3. The summed E-state index contributed by atoms with van der Waals surface area (Å²) in [5.41, 5.74) is 0.759. The number of aliphatic hydroxyl groups is 1. The molecule has 148 valence electrons. The Balaban J connectivity index is 1.40. The summed E-state index contributed by atoms with van der Waals surface area (Å²) in [7, 11) is 3.24. The molecule has 1 atom stereocenters. The lowest BCUT2D eigenvalue weighted by Crippen LogP contribution is -2.47. The van der Waals surface area contributed by atoms with Crippen molar-refractivity contribution in [3.8, 4) is 11.5 Å². The van der Waals surface area contributed by atoms with Crippen molar-refractivity contribution >= 4 is 27.4 Å². The predicted octanol–water partition coefficient (Wildman–Crippen LogP) is 3.17. The van der Waals surface area contributed by atoms with Gasteiger partial charge in [-0.2, -0.15) is 4.37 Å². The van der Waals surface area contributed by atoms with E-state index in [0.717, 1.165) is 43.3 Å². The Labute approximate surface area is 169 Å². The van der Waals surface area contributed by atoms with Crippen LogP contribution in [0.2, 0.25) is 0 Å². The highest BCUT2D eigenvalue weighted by Gasteiger charge is 2.24. The van der Waals surface area contributed by atoms with Crippen molar-refractivity contribution in [2.45, 2.75) is 6.10 Å². The van der Waals surface area contributed by atoms with E-state index in [1.165, 1.54) is 10.1 Å². The van der Waals surface area contributed by atoms with Gasteiger partial charge in [0.2, 0.25) is 0 Å². The summed E-state index contributed by atoms with van der Waals surface area (Å²) < 4.78 is 16.6. The maximum absolute atomic E-state index is 10.8. The Morgan fingerprint density at radius 3 is 2.61 bits per heavy atom. The predicted molar refractivity (Wildman–Crippen MR) is 113 cm³/mol. The van der Waals surface area contributed by atoms with Crippen molar-refractivity contribution in [2.75, 3.05) is 51.8 Å². The fourth-order valence-corrected chi connectivity index (χ4v) is 4.48. The van der Waals surface area contributed by atoms with Crippen LogP contribution in [0.1, 0.15) is 11.7 Å². The zero-order chi connectivity index (χ0) is 19.5. The number of anilines is 1. The van der Waals surface area contributed by atoms with Gasteiger partial charge in [0, 0.05) is 43.7 Å². The van der Waals surface area contributed by atoms with Gasteiger partial charge < -0.3 is 19.5 Å². The number of aliphatic hydroxyl groups excluding tert-OH is 1. The molecule has 0 saturated carbocycles. The number of β-amino-alcohol motifs (C(OH)–C–C–N with tert-alkyl or cyclic N) is 1. The van der Waals surface area contributed by atoms with Gasteiger partial charge in [0.25, 0.3) is 0 Å². The summed E-state index contributed by atoms with van der Waals surface area (Å²) in [4.78, 5) is 4.63. The number of rotatable bonds is 6. The Kier molecular flexibility index (Phi) is 5.66. The molecular weight excluding hydrogens is 374 g/mol. The van der Waals surface area contributed by atoms with Crippen molar-refractivity contribution in [3.63, 3.8) is 0 Å². The molecule has 0 amide bonds. The van der Waals surface area contributed by atoms with Crippen LogP contribution in [-0.2, 0) is 0 Å². The summed E-state index contributed by atoms with van der Waals surface area (Å²) in [6.45, 7) is 4.13. The van der Waals surface area contributed by atoms with E-state index in [1.807, 2.05) is 18.2 Å². The van der Waals surface area contributed by atoms with Gasteiger partial charge in [-0.3, -0.25) is 4.90 Å². The molecule has 6 nitrogen and oxygen atoms in total. The van der Waals surface area contributed by atoms with Crippen LogP contribution in [0.3, 0.4) is 0 Å². The van der Waals surface area contributed by atoms with E-state index in [-0.39, 0.29) is 0 Å². The second-order valence-electron chi connectivity index (χ2n) is 6.91. The van der Waals surface area contributed by atoms with E-state index in [4.69, 9.17) is 9.47 Å². The van der Waals surface area contributed by atoms with Gasteiger partial charge in [0.15, 0.2) is 0 Å². The third-order valence-electron chi connectivity index (χ3n) is 5.26. The maximum atomic E-state index is 10.8. The molecule has 3 aromatic rings. The lowest BCUT2D eigenvalue weighted by atomic mass is 10.1. The molecule has 7 heteroatoms. The number of hydrogen-bond donors (Lipinski definition) is 1. The van der Waals surface area contributed by atoms with Crippen molar-refractivity contribution in [1.82, 2.24) is 9.27 Å². The highest BCUT2D eigenvalue weighted by Crippen LogP contribution is 2.32. The average Bonchev–Trinajstić information content (AvgIpc) is 3.18. The summed E-state index contributed by atoms with van der Waals surface area (Å²) in [5, 5.41) is 12.0. The van der Waals surface area contributed by atoms with Crippen LogP contribution in [-0.4, -0.2) is 61.3 Å². The van der Waals surface area contributed by atoms with Crippen LogP contribution in [0.4, 0.5) is 5.82 Å². The fraction of sp³-hybridized carbons (Fsp3) is 0.381. The molecule has 0 aliphatic carbocycles. The van der Waals surface area contributed by atoms with Crippen molar-refractivity contribution in [1.29, 1.82) is 0 Å². The van der Waals surface area contributed by atoms with E-state index in [9.17, 15) is 5.11 Å². The highest BCUT2D eigenvalue weighted by atomic mass is 32.1. The van der Waals surface area contributed by atoms with Crippen LogP contribution in [0.25, 0.3) is 10.1 Å². The first-order valence-corrected chi connectivity index (χ1v) is 10.2. The molecule has 1 saturated heterocycles. The van der Waals surface area contributed by atoms with E-state index in [1.54, 1.807) is 25.8 Å². The molecule has 0 radical (unpaired) electrons. The standard InChI is InChI=1S/C21H25N3O3S/c1-26-15-7-8-19(27-2)17(13-15)18(25)14-23-9-11-24(12-10-23)21-16-5-3-4-6-20(16)28-22-21/h3-8,13,18,25H,9-12,14H2,1-2H3/t18-/m0/s1. The Morgan fingerprint density at radius 1 is 1.07 bits per heavy atom. The molecule has 4 rings (SSSR count). The zero-order valence-electron chi connectivity index (χ0n) is 16.2. The van der Waals surface area contributed by atoms with Gasteiger partial charge in [-0.1, -0.05) is 12.1 Å². The second kappa shape index (κ2) is 8.34. The molecule has 2 aromatic carbocycles. The number of hydrogen-bond acceptors (Lipinski definition) is 7. The smallest absolute Gasteiger partial charge is 0.150 e. The third-order valence-corrected chi connectivity index (χ3v) is 6.07. The molecule has 0 bridgehead atoms. The molecule has 1 aliphatic heterocycles. The van der Waals surface area contributed by atoms with E-state index in [2.05, 4.69) is 38.4 Å². The van der Waals surface area contributed by atoms with Gasteiger partial charge in [-0.05, 0) is 41.9 Å². The first-order valence-electron chi connectivity index (χ1n) is 9.41.